The highest BCUT2D eigenvalue weighted by Gasteiger charge is 2.32. The molecular weight excluding hydrogens is 403 g/mol. The van der Waals surface area contributed by atoms with Crippen LogP contribution in [0.5, 0.6) is 0 Å². The van der Waals surface area contributed by atoms with Crippen molar-refractivity contribution in [2.75, 3.05) is 27.4 Å². The van der Waals surface area contributed by atoms with Gasteiger partial charge in [0, 0.05) is 44.1 Å². The number of halogens is 1. The average molecular weight is 432 g/mol. The maximum Gasteiger partial charge on any atom is 0.354 e. The lowest BCUT2D eigenvalue weighted by molar-refractivity contribution is 0.0587. The Morgan fingerprint density at radius 1 is 1.13 bits per heavy atom. The van der Waals surface area contributed by atoms with Gasteiger partial charge in [0.2, 0.25) is 0 Å². The predicted octanol–water partition coefficient (Wildman–Crippen LogP) is 3.32. The molecule has 1 unspecified atom stereocenters. The van der Waals surface area contributed by atoms with E-state index in [9.17, 15) is 18.8 Å². The zero-order valence-corrected chi connectivity index (χ0v) is 18.8. The molecule has 0 N–H and O–H groups in total. The first-order chi connectivity index (χ1) is 14.6. The smallest absolute Gasteiger partial charge is 0.354 e. The Morgan fingerprint density at radius 2 is 1.74 bits per heavy atom. The molecule has 1 aromatic carbocycles. The molecule has 7 nitrogen and oxygen atoms in total. The van der Waals surface area contributed by atoms with Gasteiger partial charge in [0.15, 0.2) is 5.78 Å². The molecule has 31 heavy (non-hydrogen) atoms. The molecule has 2 aromatic rings. The van der Waals surface area contributed by atoms with Gasteiger partial charge in [0.25, 0.3) is 5.91 Å². The molecule has 0 aliphatic heterocycles. The Bertz CT molecular complexity index is 965. The molecule has 2 rings (SSSR count). The van der Waals surface area contributed by atoms with E-state index in [1.165, 1.54) is 36.3 Å². The summed E-state index contributed by atoms with van der Waals surface area (Å²) in [4.78, 5) is 40.3. The molecule has 168 valence electrons. The fraction of sp³-hybridized carbons (Fsp3) is 0.435. The number of Topliss-reactive ketones (excluding diaryl/α,β-unsaturated/α-hetero) is 1. The number of benzene rings is 1. The van der Waals surface area contributed by atoms with Gasteiger partial charge in [-0.3, -0.25) is 9.59 Å². The molecule has 1 atom stereocenters. The molecule has 0 fully saturated rings. The minimum Gasteiger partial charge on any atom is -0.464 e. The van der Waals surface area contributed by atoms with Gasteiger partial charge in [0.1, 0.15) is 11.5 Å². The molecule has 0 bridgehead atoms. The molecule has 0 aliphatic carbocycles. The highest BCUT2D eigenvalue weighted by atomic mass is 19.1. The summed E-state index contributed by atoms with van der Waals surface area (Å²) in [6.07, 6.45) is 0.529. The Hall–Kier alpha value is -3.00. The van der Waals surface area contributed by atoms with Gasteiger partial charge in [-0.2, -0.15) is 0 Å². The number of aromatic nitrogens is 1. The van der Waals surface area contributed by atoms with Gasteiger partial charge in [-0.25, -0.2) is 9.18 Å². The summed E-state index contributed by atoms with van der Waals surface area (Å²) in [6.45, 7) is 5.79. The van der Waals surface area contributed by atoms with Gasteiger partial charge in [-0.05, 0) is 57.0 Å². The van der Waals surface area contributed by atoms with Crippen LogP contribution in [0.3, 0.4) is 0 Å². The third kappa shape index (κ3) is 5.02. The van der Waals surface area contributed by atoms with E-state index in [1.54, 1.807) is 39.5 Å². The second-order valence-electron chi connectivity index (χ2n) is 7.38. The van der Waals surface area contributed by atoms with Crippen molar-refractivity contribution in [3.63, 3.8) is 0 Å². The summed E-state index contributed by atoms with van der Waals surface area (Å²) in [5, 5.41) is 0. The van der Waals surface area contributed by atoms with E-state index >= 15 is 0 Å². The third-order valence-corrected chi connectivity index (χ3v) is 5.50. The fourth-order valence-corrected chi connectivity index (χ4v) is 3.69. The van der Waals surface area contributed by atoms with Crippen molar-refractivity contribution >= 4 is 17.7 Å². The highest BCUT2D eigenvalue weighted by molar-refractivity contribution is 6.07. The first-order valence-corrected chi connectivity index (χ1v) is 9.99. The van der Waals surface area contributed by atoms with Crippen LogP contribution in [0.25, 0.3) is 0 Å². The van der Waals surface area contributed by atoms with Crippen molar-refractivity contribution in [2.45, 2.75) is 33.2 Å². The van der Waals surface area contributed by atoms with E-state index in [1.807, 2.05) is 0 Å². The summed E-state index contributed by atoms with van der Waals surface area (Å²) in [6, 6.07) is 4.40. The molecule has 0 spiro atoms. The average Bonchev–Trinajstić information content (AvgIpc) is 2.98. The first kappa shape index (κ1) is 24.3. The van der Waals surface area contributed by atoms with Crippen molar-refractivity contribution in [1.29, 1.82) is 0 Å². The van der Waals surface area contributed by atoms with Crippen LogP contribution in [-0.4, -0.2) is 60.5 Å². The standard InChI is InChI=1S/C23H29FN2O5/c1-14-19(15(2)25(4)20(14)23(29)31-6)21(27)16(3)26(12-7-13-30-5)22(28)17-8-10-18(24)11-9-17/h8-11,16H,7,12-13H2,1-6H3. The van der Waals surface area contributed by atoms with Crippen LogP contribution in [0, 0.1) is 19.7 Å². The molecule has 0 aliphatic rings. The number of amides is 1. The Balaban J connectivity index is 2.43. The summed E-state index contributed by atoms with van der Waals surface area (Å²) in [7, 11) is 4.54. The molecule has 1 amide bonds. The SMILES string of the molecule is COCCCN(C(=O)c1ccc(F)cc1)C(C)C(=O)c1c(C)c(C(=O)OC)n(C)c1C. The predicted molar refractivity (Wildman–Crippen MR) is 114 cm³/mol. The molecule has 0 saturated carbocycles. The number of methoxy groups -OCH3 is 2. The highest BCUT2D eigenvalue weighted by Crippen LogP contribution is 2.25. The maximum atomic E-state index is 13.5. The quantitative estimate of drug-likeness (QED) is 0.345. The maximum absolute atomic E-state index is 13.5. The van der Waals surface area contributed by atoms with Crippen LogP contribution >= 0.6 is 0 Å². The van der Waals surface area contributed by atoms with E-state index in [4.69, 9.17) is 9.47 Å². The molecule has 0 radical (unpaired) electrons. The van der Waals surface area contributed by atoms with Crippen LogP contribution in [0.15, 0.2) is 24.3 Å². The molecular formula is C23H29FN2O5. The van der Waals surface area contributed by atoms with Crippen molar-refractivity contribution in [3.8, 4) is 0 Å². The van der Waals surface area contributed by atoms with E-state index in [2.05, 4.69) is 0 Å². The number of hydrogen-bond donors (Lipinski definition) is 0. The molecule has 0 saturated heterocycles. The lowest BCUT2D eigenvalue weighted by Crippen LogP contribution is -2.44. The van der Waals surface area contributed by atoms with Crippen molar-refractivity contribution in [1.82, 2.24) is 9.47 Å². The van der Waals surface area contributed by atoms with Gasteiger partial charge in [-0.1, -0.05) is 0 Å². The van der Waals surface area contributed by atoms with E-state index in [0.717, 1.165) is 0 Å². The normalized spacial score (nSPS) is 11.8. The molecule has 1 heterocycles. The number of carbonyl (C=O) groups is 3. The van der Waals surface area contributed by atoms with Crippen LogP contribution < -0.4 is 0 Å². The van der Waals surface area contributed by atoms with Gasteiger partial charge >= 0.3 is 5.97 Å². The number of hydrogen-bond acceptors (Lipinski definition) is 5. The number of esters is 1. The number of ether oxygens (including phenoxy) is 2. The first-order valence-electron chi connectivity index (χ1n) is 9.99. The zero-order valence-electron chi connectivity index (χ0n) is 18.8. The lowest BCUT2D eigenvalue weighted by atomic mass is 9.99. The number of carbonyl (C=O) groups excluding carboxylic acids is 3. The van der Waals surface area contributed by atoms with Crippen LogP contribution in [0.4, 0.5) is 4.39 Å². The van der Waals surface area contributed by atoms with Crippen LogP contribution in [0.2, 0.25) is 0 Å². The monoisotopic (exact) mass is 432 g/mol. The summed E-state index contributed by atoms with van der Waals surface area (Å²) >= 11 is 0. The van der Waals surface area contributed by atoms with E-state index in [0.29, 0.717) is 35.5 Å². The summed E-state index contributed by atoms with van der Waals surface area (Å²) in [5.74, 6) is -1.64. The Kier molecular flexibility index (Phi) is 8.10. The molecule has 8 heteroatoms. The zero-order chi connectivity index (χ0) is 23.3. The topological polar surface area (TPSA) is 77.8 Å². The molecule has 1 aromatic heterocycles. The van der Waals surface area contributed by atoms with Gasteiger partial charge in [-0.15, -0.1) is 0 Å². The third-order valence-electron chi connectivity index (χ3n) is 5.50. The van der Waals surface area contributed by atoms with Crippen molar-refractivity contribution < 1.29 is 28.2 Å². The Morgan fingerprint density at radius 3 is 2.29 bits per heavy atom. The second kappa shape index (κ2) is 10.3. The van der Waals surface area contributed by atoms with Crippen molar-refractivity contribution in [2.24, 2.45) is 7.05 Å². The summed E-state index contributed by atoms with van der Waals surface area (Å²) < 4.78 is 24.9. The fourth-order valence-electron chi connectivity index (χ4n) is 3.69. The number of ketones is 1. The van der Waals surface area contributed by atoms with Crippen LogP contribution in [-0.2, 0) is 16.5 Å². The van der Waals surface area contributed by atoms with E-state index < -0.39 is 17.8 Å². The van der Waals surface area contributed by atoms with Crippen LogP contribution in [0.1, 0.15) is 55.8 Å². The lowest BCUT2D eigenvalue weighted by Gasteiger charge is -2.29. The minimum absolute atomic E-state index is 0.283. The number of nitrogens with zero attached hydrogens (tertiary/aromatic N) is 2. The van der Waals surface area contributed by atoms with Gasteiger partial charge in [0.05, 0.1) is 13.2 Å². The second-order valence-corrected chi connectivity index (χ2v) is 7.38. The van der Waals surface area contributed by atoms with E-state index in [-0.39, 0.29) is 23.8 Å². The minimum atomic E-state index is -0.806. The van der Waals surface area contributed by atoms with Gasteiger partial charge < -0.3 is 18.9 Å². The largest absolute Gasteiger partial charge is 0.464 e. The van der Waals surface area contributed by atoms with Crippen molar-refractivity contribution in [3.05, 3.63) is 58.2 Å². The number of rotatable bonds is 9. The Labute approximate surface area is 181 Å². The summed E-state index contributed by atoms with van der Waals surface area (Å²) in [5.41, 5.74) is 2.09.